The van der Waals surface area contributed by atoms with Crippen LogP contribution in [0.3, 0.4) is 0 Å². The number of anilines is 3. The van der Waals surface area contributed by atoms with Gasteiger partial charge in [0.25, 0.3) is 0 Å². The second-order valence-corrected chi connectivity index (χ2v) is 11.4. The Kier molecular flexibility index (Phi) is 9.94. The minimum atomic E-state index is -4.90. The quantitative estimate of drug-likeness (QED) is 0.180. The number of amides is 1. The third kappa shape index (κ3) is 7.13. The van der Waals surface area contributed by atoms with Gasteiger partial charge in [-0.05, 0) is 12.5 Å². The first-order chi connectivity index (χ1) is 20.0. The van der Waals surface area contributed by atoms with Crippen molar-refractivity contribution in [1.29, 1.82) is 0 Å². The molecule has 4 rings (SSSR count). The van der Waals surface area contributed by atoms with Gasteiger partial charge in [0.05, 0.1) is 18.8 Å². The summed E-state index contributed by atoms with van der Waals surface area (Å²) < 4.78 is 73.8. The van der Waals surface area contributed by atoms with Crippen molar-refractivity contribution in [2.45, 2.75) is 58.0 Å². The van der Waals surface area contributed by atoms with Crippen LogP contribution < -0.4 is 14.5 Å². The van der Waals surface area contributed by atoms with Crippen molar-refractivity contribution in [3.63, 3.8) is 0 Å². The summed E-state index contributed by atoms with van der Waals surface area (Å²) in [5.74, 6) is -5.69. The van der Waals surface area contributed by atoms with E-state index in [1.165, 1.54) is 6.07 Å². The number of cyclic esters (lactones) is 1. The van der Waals surface area contributed by atoms with E-state index in [4.69, 9.17) is 13.8 Å². The zero-order chi connectivity index (χ0) is 30.4. The van der Waals surface area contributed by atoms with Crippen molar-refractivity contribution in [1.82, 2.24) is 5.16 Å². The third-order valence-corrected chi connectivity index (χ3v) is 8.10. The number of carbonyl (C=O) groups is 3. The van der Waals surface area contributed by atoms with Crippen LogP contribution in [-0.4, -0.2) is 53.6 Å². The average Bonchev–Trinajstić information content (AvgIpc) is 3.60. The maximum Gasteiger partial charge on any atom is 0.490 e. The maximum atomic E-state index is 15.1. The van der Waals surface area contributed by atoms with Gasteiger partial charge in [-0.1, -0.05) is 37.8 Å². The zero-order valence-corrected chi connectivity index (χ0v) is 23.6. The lowest BCUT2D eigenvalue weighted by atomic mass is 10.1. The summed E-state index contributed by atoms with van der Waals surface area (Å²) in [7, 11) is -4.90. The fourth-order valence-corrected chi connectivity index (χ4v) is 5.76. The molecule has 228 valence electrons. The maximum absolute atomic E-state index is 15.1. The van der Waals surface area contributed by atoms with Crippen LogP contribution in [0, 0.1) is 17.5 Å². The first-order valence-corrected chi connectivity index (χ1v) is 14.9. The average molecular weight is 615 g/mol. The molecule has 0 aliphatic carbocycles. The second-order valence-electron chi connectivity index (χ2n) is 9.75. The smallest absolute Gasteiger partial charge is 0.442 e. The number of allylic oxidation sites excluding steroid dienone is 1. The Labute approximate surface area is 239 Å². The molecule has 2 atom stereocenters. The van der Waals surface area contributed by atoms with Crippen molar-refractivity contribution >= 4 is 42.8 Å². The van der Waals surface area contributed by atoms with Gasteiger partial charge in [-0.15, -0.1) is 0 Å². The third-order valence-electron chi connectivity index (χ3n) is 6.68. The molecule has 12 nitrogen and oxygen atoms in total. The summed E-state index contributed by atoms with van der Waals surface area (Å²) in [6.45, 7) is 0.922. The van der Waals surface area contributed by atoms with E-state index < -0.39 is 67.8 Å². The van der Waals surface area contributed by atoms with E-state index >= 15 is 8.78 Å². The number of ether oxygens (including phenoxy) is 1. The highest BCUT2D eigenvalue weighted by Gasteiger charge is 2.42. The first-order valence-electron chi connectivity index (χ1n) is 13.4. The molecule has 2 aliphatic heterocycles. The predicted octanol–water partition coefficient (Wildman–Crippen LogP) is 5.22. The number of rotatable bonds is 13. The van der Waals surface area contributed by atoms with Gasteiger partial charge in [0.2, 0.25) is 0 Å². The summed E-state index contributed by atoms with van der Waals surface area (Å²) in [5.41, 5.74) is -1.48. The summed E-state index contributed by atoms with van der Waals surface area (Å²) in [5, 5.41) is 3.60. The Morgan fingerprint density at radius 3 is 2.64 bits per heavy atom. The molecule has 1 N–H and O–H groups in total. The van der Waals surface area contributed by atoms with Gasteiger partial charge in [0.1, 0.15) is 18.1 Å². The molecule has 0 radical (unpaired) electrons. The molecular weight excluding hydrogens is 584 g/mol. The monoisotopic (exact) mass is 614 g/mol. The molecular formula is C26H30F3N4O8P. The number of unbranched alkanes of at least 4 members (excludes halogenated alkanes) is 4. The molecule has 1 fully saturated rings. The highest BCUT2D eigenvalue weighted by atomic mass is 31.2. The molecule has 0 spiro atoms. The van der Waals surface area contributed by atoms with E-state index in [-0.39, 0.29) is 31.0 Å². The standard InChI is InChI=1S/C26H30F3N4O8P/c1-2-3-4-5-6-7-22(35)41-42(37,38)33(21-10-13-39-30-21)16-18-15-32(26(36)40-18)20-14-19(27)25(24(29)23(20)28)31-11-8-17(34)9-12-31/h8,10-11,13-14,18H,2-7,9,12,15-16H2,1H3,(H,37,38). The molecule has 2 aliphatic rings. The number of carbonyl (C=O) groups excluding carboxylic acids is 3. The van der Waals surface area contributed by atoms with E-state index in [9.17, 15) is 28.2 Å². The number of nitrogens with zero attached hydrogens (tertiary/aromatic N) is 4. The van der Waals surface area contributed by atoms with Crippen LogP contribution in [-0.2, 0) is 23.4 Å². The first kappa shape index (κ1) is 31.1. The predicted molar refractivity (Wildman–Crippen MR) is 143 cm³/mol. The Balaban J connectivity index is 1.48. The van der Waals surface area contributed by atoms with Gasteiger partial charge < -0.3 is 18.7 Å². The molecule has 42 heavy (non-hydrogen) atoms. The summed E-state index contributed by atoms with van der Waals surface area (Å²) in [4.78, 5) is 48.7. The van der Waals surface area contributed by atoms with Gasteiger partial charge in [-0.25, -0.2) is 27.2 Å². The number of aromatic nitrogens is 1. The highest BCUT2D eigenvalue weighted by molar-refractivity contribution is 7.55. The number of hydrogen-bond acceptors (Lipinski definition) is 9. The molecule has 3 heterocycles. The normalized spacial score (nSPS) is 18.3. The van der Waals surface area contributed by atoms with Crippen LogP contribution in [0.4, 0.5) is 35.2 Å². The van der Waals surface area contributed by atoms with Gasteiger partial charge in [0.15, 0.2) is 29.1 Å². The van der Waals surface area contributed by atoms with E-state index in [1.807, 2.05) is 6.92 Å². The van der Waals surface area contributed by atoms with Crippen LogP contribution >= 0.6 is 7.75 Å². The molecule has 2 unspecified atom stereocenters. The van der Waals surface area contributed by atoms with Gasteiger partial charge in [0, 0.05) is 37.7 Å². The van der Waals surface area contributed by atoms with E-state index in [2.05, 4.69) is 5.16 Å². The number of ketones is 1. The van der Waals surface area contributed by atoms with Crippen molar-refractivity contribution in [3.8, 4) is 0 Å². The van der Waals surface area contributed by atoms with Crippen LogP contribution in [0.15, 0.2) is 35.2 Å². The minimum Gasteiger partial charge on any atom is -0.442 e. The van der Waals surface area contributed by atoms with Crippen molar-refractivity contribution in [2.24, 2.45) is 0 Å². The number of benzene rings is 1. The van der Waals surface area contributed by atoms with Crippen LogP contribution in [0.2, 0.25) is 0 Å². The zero-order valence-electron chi connectivity index (χ0n) is 22.7. The Bertz CT molecular complexity index is 1390. The van der Waals surface area contributed by atoms with E-state index in [0.29, 0.717) is 22.1 Å². The number of halogens is 3. The van der Waals surface area contributed by atoms with Crippen molar-refractivity contribution in [3.05, 3.63) is 48.1 Å². The SMILES string of the molecule is CCCCCCCC(=O)OP(=O)(O)N(CC1CN(c2cc(F)c(N3C=CC(=O)CC3)c(F)c2F)C(=O)O1)c1ccon1. The summed E-state index contributed by atoms with van der Waals surface area (Å²) in [6.07, 6.45) is 4.92. The minimum absolute atomic E-state index is 0.0239. The fourth-order valence-electron chi connectivity index (χ4n) is 4.55. The topological polar surface area (TPSA) is 143 Å². The van der Waals surface area contributed by atoms with Crippen LogP contribution in [0.1, 0.15) is 51.9 Å². The molecule has 1 saturated heterocycles. The Hall–Kier alpha value is -3.84. The van der Waals surface area contributed by atoms with Crippen LogP contribution in [0.5, 0.6) is 0 Å². The summed E-state index contributed by atoms with van der Waals surface area (Å²) >= 11 is 0. The van der Waals surface area contributed by atoms with Crippen molar-refractivity contribution in [2.75, 3.05) is 34.1 Å². The molecule has 1 aromatic carbocycles. The van der Waals surface area contributed by atoms with E-state index in [0.717, 1.165) is 49.1 Å². The molecule has 0 saturated carbocycles. The lowest BCUT2D eigenvalue weighted by Crippen LogP contribution is -2.34. The largest absolute Gasteiger partial charge is 0.490 e. The molecule has 1 aromatic heterocycles. The lowest BCUT2D eigenvalue weighted by molar-refractivity contribution is -0.135. The molecule has 1 amide bonds. The van der Waals surface area contributed by atoms with Gasteiger partial charge in [-0.3, -0.25) is 19.4 Å². The van der Waals surface area contributed by atoms with E-state index in [1.54, 1.807) is 0 Å². The fraction of sp³-hybridized carbons (Fsp3) is 0.462. The second kappa shape index (κ2) is 13.4. The van der Waals surface area contributed by atoms with Gasteiger partial charge in [-0.2, -0.15) is 0 Å². The molecule has 16 heteroatoms. The summed E-state index contributed by atoms with van der Waals surface area (Å²) in [6, 6.07) is 1.83. The Morgan fingerprint density at radius 1 is 1.21 bits per heavy atom. The Morgan fingerprint density at radius 2 is 1.98 bits per heavy atom. The van der Waals surface area contributed by atoms with Crippen LogP contribution in [0.25, 0.3) is 0 Å². The lowest BCUT2D eigenvalue weighted by Gasteiger charge is -2.27. The van der Waals surface area contributed by atoms with Crippen molar-refractivity contribution < 1.29 is 50.8 Å². The molecule has 0 bridgehead atoms. The number of hydrogen-bond donors (Lipinski definition) is 1. The molecule has 2 aromatic rings. The van der Waals surface area contributed by atoms with Gasteiger partial charge >= 0.3 is 19.8 Å². The highest BCUT2D eigenvalue weighted by Crippen LogP contribution is 2.49.